The van der Waals surface area contributed by atoms with Crippen molar-refractivity contribution < 1.29 is 48.0 Å². The molecule has 220 valence electrons. The fraction of sp³-hybridized carbons (Fsp3) is 0.552. The van der Waals surface area contributed by atoms with Gasteiger partial charge in [0.15, 0.2) is 17.7 Å². The number of aliphatic hydroxyl groups excluding tert-OH is 1. The first-order chi connectivity index (χ1) is 19.1. The van der Waals surface area contributed by atoms with E-state index in [1.807, 2.05) is 13.8 Å². The molecule has 0 aliphatic carbocycles. The Hall–Kier alpha value is -3.41. The summed E-state index contributed by atoms with van der Waals surface area (Å²) in [4.78, 5) is 64.9. The number of nitrogens with zero attached hydrogens (tertiary/aromatic N) is 1. The van der Waals surface area contributed by atoms with E-state index in [9.17, 15) is 24.0 Å². The van der Waals surface area contributed by atoms with Crippen molar-refractivity contribution in [2.75, 3.05) is 39.6 Å². The van der Waals surface area contributed by atoms with Gasteiger partial charge in [0.05, 0.1) is 38.4 Å². The normalized spacial score (nSPS) is 16.7. The van der Waals surface area contributed by atoms with Crippen LogP contribution in [0, 0.1) is 11.8 Å². The van der Waals surface area contributed by atoms with Crippen molar-refractivity contribution >= 4 is 29.5 Å². The molecule has 40 heavy (non-hydrogen) atoms. The van der Waals surface area contributed by atoms with Crippen LogP contribution >= 0.6 is 0 Å². The molecule has 0 aromatic heterocycles. The van der Waals surface area contributed by atoms with Crippen LogP contribution in [0.3, 0.4) is 0 Å². The van der Waals surface area contributed by atoms with Gasteiger partial charge in [0.25, 0.3) is 0 Å². The average molecular weight is 562 g/mol. The van der Waals surface area contributed by atoms with Crippen LogP contribution in [0.5, 0.6) is 0 Å². The molecular formula is C29H39NO10. The topological polar surface area (TPSA) is 146 Å². The lowest BCUT2D eigenvalue weighted by atomic mass is 9.89. The molecule has 0 unspecified atom stereocenters. The van der Waals surface area contributed by atoms with Gasteiger partial charge in [0, 0.05) is 20.0 Å². The first-order valence-electron chi connectivity index (χ1n) is 13.4. The zero-order chi connectivity index (χ0) is 29.5. The Bertz CT molecular complexity index is 1020. The van der Waals surface area contributed by atoms with Crippen molar-refractivity contribution in [2.24, 2.45) is 11.8 Å². The number of esters is 1. The van der Waals surface area contributed by atoms with Crippen molar-refractivity contribution in [3.63, 3.8) is 0 Å². The van der Waals surface area contributed by atoms with Gasteiger partial charge < -0.3 is 24.1 Å². The molecule has 2 amide bonds. The van der Waals surface area contributed by atoms with Gasteiger partial charge in [-0.3, -0.25) is 19.2 Å². The van der Waals surface area contributed by atoms with Gasteiger partial charge in [0.1, 0.15) is 6.61 Å². The van der Waals surface area contributed by atoms with Crippen LogP contribution in [0.1, 0.15) is 39.2 Å². The standard InChI is InChI=1S/C29H39NO10/c1-20(2)25-19-39-29(36)30(25)28(35)24(18-22-8-5-4-6-9-22)27(40-21(3)32)26(34)12-11-23(33)10-7-14-37-16-17-38-15-13-31/h4-6,8-9,11-12,20,24-25,27,31H,7,10,13-19H2,1-3H3/t24-,25+,27-/m1/s1. The third-order valence-corrected chi connectivity index (χ3v) is 6.22. The molecule has 1 saturated heterocycles. The van der Waals surface area contributed by atoms with E-state index in [1.54, 1.807) is 30.3 Å². The van der Waals surface area contributed by atoms with E-state index < -0.39 is 41.8 Å². The lowest BCUT2D eigenvalue weighted by Crippen LogP contribution is -2.50. The van der Waals surface area contributed by atoms with Crippen molar-refractivity contribution in [3.05, 3.63) is 48.0 Å². The number of cyclic esters (lactones) is 1. The summed E-state index contributed by atoms with van der Waals surface area (Å²) in [6.45, 7) is 5.96. The Balaban J connectivity index is 2.16. The van der Waals surface area contributed by atoms with Crippen LogP contribution in [0.15, 0.2) is 42.5 Å². The largest absolute Gasteiger partial charge is 0.453 e. The van der Waals surface area contributed by atoms with E-state index in [-0.39, 0.29) is 44.4 Å². The van der Waals surface area contributed by atoms with Crippen molar-refractivity contribution in [3.8, 4) is 0 Å². The molecule has 2 rings (SSSR count). The molecule has 3 atom stereocenters. The van der Waals surface area contributed by atoms with Crippen LogP contribution < -0.4 is 0 Å². The van der Waals surface area contributed by atoms with Gasteiger partial charge in [-0.15, -0.1) is 0 Å². The lowest BCUT2D eigenvalue weighted by Gasteiger charge is -2.30. The third-order valence-electron chi connectivity index (χ3n) is 6.22. The summed E-state index contributed by atoms with van der Waals surface area (Å²) in [7, 11) is 0. The second kappa shape index (κ2) is 17.3. The number of carbonyl (C=O) groups excluding carboxylic acids is 5. The quantitative estimate of drug-likeness (QED) is 0.161. The number of hydrogen-bond acceptors (Lipinski definition) is 10. The zero-order valence-corrected chi connectivity index (χ0v) is 23.3. The van der Waals surface area contributed by atoms with Gasteiger partial charge in [0.2, 0.25) is 5.91 Å². The van der Waals surface area contributed by atoms with Crippen molar-refractivity contribution in [1.82, 2.24) is 4.90 Å². The second-order valence-corrected chi connectivity index (χ2v) is 9.68. The van der Waals surface area contributed by atoms with Crippen molar-refractivity contribution in [1.29, 1.82) is 0 Å². The van der Waals surface area contributed by atoms with E-state index in [4.69, 9.17) is 24.1 Å². The summed E-state index contributed by atoms with van der Waals surface area (Å²) in [5, 5.41) is 8.65. The number of imide groups is 1. The summed E-state index contributed by atoms with van der Waals surface area (Å²) in [5.41, 5.74) is 0.696. The summed E-state index contributed by atoms with van der Waals surface area (Å²) < 4.78 is 20.9. The summed E-state index contributed by atoms with van der Waals surface area (Å²) >= 11 is 0. The lowest BCUT2D eigenvalue weighted by molar-refractivity contribution is -0.159. The Morgan fingerprint density at radius 3 is 2.35 bits per heavy atom. The molecule has 1 aromatic carbocycles. The summed E-state index contributed by atoms with van der Waals surface area (Å²) in [5.74, 6) is -3.90. The molecule has 1 fully saturated rings. The maximum absolute atomic E-state index is 13.8. The third kappa shape index (κ3) is 10.6. The number of amides is 2. The highest BCUT2D eigenvalue weighted by Crippen LogP contribution is 2.27. The molecule has 11 heteroatoms. The van der Waals surface area contributed by atoms with E-state index in [0.717, 1.165) is 24.0 Å². The van der Waals surface area contributed by atoms with E-state index in [2.05, 4.69) is 0 Å². The van der Waals surface area contributed by atoms with E-state index >= 15 is 0 Å². The van der Waals surface area contributed by atoms with Gasteiger partial charge in [-0.05, 0) is 36.5 Å². The number of carbonyl (C=O) groups is 5. The number of rotatable bonds is 18. The van der Waals surface area contributed by atoms with E-state index in [0.29, 0.717) is 31.8 Å². The molecule has 1 aliphatic heterocycles. The first kappa shape index (κ1) is 32.8. The number of benzene rings is 1. The molecule has 1 aliphatic rings. The SMILES string of the molecule is CC(=O)O[C@@H](C(=O)C=CC(=O)CCCOCCOCCO)[C@@H](Cc1ccccc1)C(=O)N1C(=O)OC[C@H]1C(C)C. The van der Waals surface area contributed by atoms with Gasteiger partial charge >= 0.3 is 12.1 Å². The van der Waals surface area contributed by atoms with Gasteiger partial charge in [-0.1, -0.05) is 44.2 Å². The number of ether oxygens (including phenoxy) is 4. The highest BCUT2D eigenvalue weighted by molar-refractivity contribution is 6.04. The molecular weight excluding hydrogens is 522 g/mol. The predicted octanol–water partition coefficient (Wildman–Crippen LogP) is 2.28. The van der Waals surface area contributed by atoms with Gasteiger partial charge in [-0.25, -0.2) is 9.69 Å². The van der Waals surface area contributed by atoms with Crippen LogP contribution in [0.2, 0.25) is 0 Å². The maximum Gasteiger partial charge on any atom is 0.416 e. The molecule has 0 saturated carbocycles. The number of ketones is 2. The van der Waals surface area contributed by atoms with E-state index in [1.165, 1.54) is 0 Å². The minimum atomic E-state index is -1.56. The Kier molecular flexibility index (Phi) is 14.2. The van der Waals surface area contributed by atoms with Crippen LogP contribution in [0.4, 0.5) is 4.79 Å². The Morgan fingerprint density at radius 2 is 1.73 bits per heavy atom. The fourth-order valence-corrected chi connectivity index (χ4v) is 4.16. The predicted molar refractivity (Wildman–Crippen MR) is 143 cm³/mol. The average Bonchev–Trinajstić information content (AvgIpc) is 3.32. The van der Waals surface area contributed by atoms with Crippen LogP contribution in [-0.2, 0) is 44.5 Å². The van der Waals surface area contributed by atoms with Crippen molar-refractivity contribution in [2.45, 2.75) is 52.2 Å². The maximum atomic E-state index is 13.8. The minimum absolute atomic E-state index is 0.0130. The number of hydrogen-bond donors (Lipinski definition) is 1. The highest BCUT2D eigenvalue weighted by atomic mass is 16.6. The van der Waals surface area contributed by atoms with Crippen LogP contribution in [0.25, 0.3) is 0 Å². The molecule has 0 radical (unpaired) electrons. The van der Waals surface area contributed by atoms with Crippen LogP contribution in [-0.4, -0.2) is 91.3 Å². The zero-order valence-electron chi connectivity index (χ0n) is 23.3. The summed E-state index contributed by atoms with van der Waals surface area (Å²) in [6, 6.07) is 8.32. The molecule has 0 bridgehead atoms. The Labute approximate surface area is 234 Å². The monoisotopic (exact) mass is 561 g/mol. The Morgan fingerprint density at radius 1 is 1.05 bits per heavy atom. The molecule has 1 aromatic rings. The molecule has 1 N–H and O–H groups in total. The minimum Gasteiger partial charge on any atom is -0.453 e. The highest BCUT2D eigenvalue weighted by Gasteiger charge is 2.46. The first-order valence-corrected chi connectivity index (χ1v) is 13.4. The molecule has 1 heterocycles. The smallest absolute Gasteiger partial charge is 0.416 e. The summed E-state index contributed by atoms with van der Waals surface area (Å²) in [6.07, 6.45) is 0.261. The number of allylic oxidation sites excluding steroid dienone is 1. The second-order valence-electron chi connectivity index (χ2n) is 9.68. The molecule has 11 nitrogen and oxygen atoms in total. The van der Waals surface area contributed by atoms with Gasteiger partial charge in [-0.2, -0.15) is 0 Å². The molecule has 0 spiro atoms. The fourth-order valence-electron chi connectivity index (χ4n) is 4.16. The number of aliphatic hydroxyl groups is 1.